The number of halogens is 2. The van der Waals surface area contributed by atoms with Gasteiger partial charge in [-0.15, -0.1) is 0 Å². The van der Waals surface area contributed by atoms with Crippen LogP contribution in [-0.2, 0) is 4.84 Å². The van der Waals surface area contributed by atoms with Crippen LogP contribution in [0.15, 0.2) is 23.4 Å². The number of carbonyl (C=O) groups excluding carboxylic acids is 1. The van der Waals surface area contributed by atoms with Gasteiger partial charge in [-0.3, -0.25) is 10.2 Å². The van der Waals surface area contributed by atoms with Crippen LogP contribution in [0.1, 0.15) is 13.8 Å². The van der Waals surface area contributed by atoms with E-state index >= 15 is 0 Å². The Labute approximate surface area is 103 Å². The summed E-state index contributed by atoms with van der Waals surface area (Å²) in [4.78, 5) is 15.8. The van der Waals surface area contributed by atoms with Crippen LogP contribution in [0.4, 0.5) is 10.5 Å². The van der Waals surface area contributed by atoms with Gasteiger partial charge in [0, 0.05) is 0 Å². The zero-order valence-electron chi connectivity index (χ0n) is 8.75. The minimum atomic E-state index is -0.717. The van der Waals surface area contributed by atoms with E-state index in [1.165, 1.54) is 0 Å². The number of rotatable bonds is 2. The minimum absolute atomic E-state index is 0.262. The van der Waals surface area contributed by atoms with Crippen LogP contribution in [0, 0.1) is 0 Å². The molecule has 6 heteroatoms. The van der Waals surface area contributed by atoms with E-state index in [1.807, 2.05) is 0 Å². The van der Waals surface area contributed by atoms with Gasteiger partial charge >= 0.3 is 6.09 Å². The number of carbonyl (C=O) groups is 1. The summed E-state index contributed by atoms with van der Waals surface area (Å²) in [5.41, 5.74) is 1.01. The summed E-state index contributed by atoms with van der Waals surface area (Å²) in [6, 6.07) is 4.89. The Bertz CT molecular complexity index is 429. The monoisotopic (exact) mass is 260 g/mol. The maximum atomic E-state index is 11.2. The molecule has 1 aromatic rings. The Morgan fingerprint density at radius 3 is 2.69 bits per heavy atom. The fourth-order valence-electron chi connectivity index (χ4n) is 0.866. The summed E-state index contributed by atoms with van der Waals surface area (Å²) in [7, 11) is 0. The standard InChI is InChI=1S/C10H10Cl2N2O2/c1-6(2)14-16-10(15)13-8-5-3-4-7(11)9(8)12/h3-5H,1-2H3,(H,13,15). The molecule has 0 fully saturated rings. The molecule has 0 heterocycles. The van der Waals surface area contributed by atoms with Gasteiger partial charge in [0.25, 0.3) is 0 Å². The Kier molecular flexibility index (Phi) is 4.58. The van der Waals surface area contributed by atoms with Crippen molar-refractivity contribution in [1.29, 1.82) is 0 Å². The SMILES string of the molecule is CC(C)=NOC(=O)Nc1cccc(Cl)c1Cl. The summed E-state index contributed by atoms with van der Waals surface area (Å²) in [5, 5.41) is 6.54. The summed E-state index contributed by atoms with van der Waals surface area (Å²) >= 11 is 11.6. The Morgan fingerprint density at radius 2 is 2.06 bits per heavy atom. The fourth-order valence-corrected chi connectivity index (χ4v) is 1.21. The van der Waals surface area contributed by atoms with Crippen molar-refractivity contribution < 1.29 is 9.63 Å². The lowest BCUT2D eigenvalue weighted by atomic mass is 10.3. The molecule has 1 amide bonds. The molecule has 4 nitrogen and oxygen atoms in total. The lowest BCUT2D eigenvalue weighted by molar-refractivity contribution is 0.166. The second-order valence-corrected chi connectivity index (χ2v) is 3.93. The van der Waals surface area contributed by atoms with Crippen LogP contribution in [-0.4, -0.2) is 11.8 Å². The van der Waals surface area contributed by atoms with Gasteiger partial charge in [-0.1, -0.05) is 34.4 Å². The molecular weight excluding hydrogens is 251 g/mol. The van der Waals surface area contributed by atoms with E-state index in [2.05, 4.69) is 15.3 Å². The highest BCUT2D eigenvalue weighted by molar-refractivity contribution is 6.43. The number of anilines is 1. The van der Waals surface area contributed by atoms with E-state index in [0.29, 0.717) is 16.4 Å². The molecular formula is C10H10Cl2N2O2. The first-order valence-electron chi connectivity index (χ1n) is 4.44. The molecule has 86 valence electrons. The van der Waals surface area contributed by atoms with Gasteiger partial charge in [-0.2, -0.15) is 0 Å². The highest BCUT2D eigenvalue weighted by Gasteiger charge is 2.08. The third-order valence-electron chi connectivity index (χ3n) is 1.50. The van der Waals surface area contributed by atoms with Gasteiger partial charge < -0.3 is 0 Å². The lowest BCUT2D eigenvalue weighted by Crippen LogP contribution is -2.11. The Hall–Kier alpha value is -1.26. The second kappa shape index (κ2) is 5.72. The predicted molar refractivity (Wildman–Crippen MR) is 65.3 cm³/mol. The third-order valence-corrected chi connectivity index (χ3v) is 2.32. The molecule has 0 aliphatic carbocycles. The quantitative estimate of drug-likeness (QED) is 0.498. The van der Waals surface area contributed by atoms with Crippen molar-refractivity contribution in [3.05, 3.63) is 28.2 Å². The minimum Gasteiger partial charge on any atom is -0.298 e. The van der Waals surface area contributed by atoms with Gasteiger partial charge in [-0.25, -0.2) is 4.79 Å². The van der Waals surface area contributed by atoms with Gasteiger partial charge in [0.1, 0.15) is 0 Å². The zero-order valence-corrected chi connectivity index (χ0v) is 10.3. The number of hydrogen-bond donors (Lipinski definition) is 1. The third kappa shape index (κ3) is 3.72. The van der Waals surface area contributed by atoms with Crippen molar-refractivity contribution in [2.75, 3.05) is 5.32 Å². The summed E-state index contributed by atoms with van der Waals surface area (Å²) in [5.74, 6) is 0. The van der Waals surface area contributed by atoms with Crippen molar-refractivity contribution in [3.63, 3.8) is 0 Å². The van der Waals surface area contributed by atoms with Crippen LogP contribution in [0.3, 0.4) is 0 Å². The summed E-state index contributed by atoms with van der Waals surface area (Å²) < 4.78 is 0. The Balaban J connectivity index is 2.70. The molecule has 0 spiro atoms. The maximum Gasteiger partial charge on any atom is 0.437 e. The van der Waals surface area contributed by atoms with Crippen LogP contribution >= 0.6 is 23.2 Å². The smallest absolute Gasteiger partial charge is 0.298 e. The molecule has 16 heavy (non-hydrogen) atoms. The van der Waals surface area contributed by atoms with E-state index in [4.69, 9.17) is 23.2 Å². The van der Waals surface area contributed by atoms with Crippen LogP contribution < -0.4 is 5.32 Å². The highest BCUT2D eigenvalue weighted by Crippen LogP contribution is 2.29. The van der Waals surface area contributed by atoms with E-state index in [9.17, 15) is 4.79 Å². The predicted octanol–water partition coefficient (Wildman–Crippen LogP) is 3.94. The zero-order chi connectivity index (χ0) is 12.1. The molecule has 0 aliphatic rings. The second-order valence-electron chi connectivity index (χ2n) is 3.14. The molecule has 1 N–H and O–H groups in total. The van der Waals surface area contributed by atoms with Crippen molar-refractivity contribution in [2.24, 2.45) is 5.16 Å². The lowest BCUT2D eigenvalue weighted by Gasteiger charge is -2.05. The number of amides is 1. The molecule has 0 saturated heterocycles. The molecule has 0 aliphatic heterocycles. The average molecular weight is 261 g/mol. The van der Waals surface area contributed by atoms with E-state index < -0.39 is 6.09 Å². The largest absolute Gasteiger partial charge is 0.437 e. The molecule has 1 rings (SSSR count). The van der Waals surface area contributed by atoms with Gasteiger partial charge in [0.2, 0.25) is 0 Å². The molecule has 0 atom stereocenters. The summed E-state index contributed by atoms with van der Waals surface area (Å²) in [6.45, 7) is 3.42. The van der Waals surface area contributed by atoms with Gasteiger partial charge in [0.05, 0.1) is 21.4 Å². The highest BCUT2D eigenvalue weighted by atomic mass is 35.5. The number of oxime groups is 1. The van der Waals surface area contributed by atoms with Crippen molar-refractivity contribution >= 4 is 40.7 Å². The average Bonchev–Trinajstić information content (AvgIpc) is 2.22. The molecule has 0 unspecified atom stereocenters. The van der Waals surface area contributed by atoms with Crippen molar-refractivity contribution in [3.8, 4) is 0 Å². The summed E-state index contributed by atoms with van der Waals surface area (Å²) in [6.07, 6.45) is -0.717. The van der Waals surface area contributed by atoms with Gasteiger partial charge in [0.15, 0.2) is 0 Å². The first-order chi connectivity index (χ1) is 7.50. The van der Waals surface area contributed by atoms with Gasteiger partial charge in [-0.05, 0) is 26.0 Å². The van der Waals surface area contributed by atoms with Crippen LogP contribution in [0.5, 0.6) is 0 Å². The molecule has 0 radical (unpaired) electrons. The molecule has 0 bridgehead atoms. The molecule has 0 aromatic heterocycles. The maximum absolute atomic E-state index is 11.2. The fraction of sp³-hybridized carbons (Fsp3) is 0.200. The van der Waals surface area contributed by atoms with E-state index in [1.54, 1.807) is 32.0 Å². The number of nitrogens with zero attached hydrogens (tertiary/aromatic N) is 1. The van der Waals surface area contributed by atoms with Crippen LogP contribution in [0.25, 0.3) is 0 Å². The number of nitrogens with one attached hydrogen (secondary N) is 1. The van der Waals surface area contributed by atoms with E-state index in [0.717, 1.165) is 0 Å². The van der Waals surface area contributed by atoms with Crippen molar-refractivity contribution in [2.45, 2.75) is 13.8 Å². The first kappa shape index (κ1) is 12.8. The number of hydrogen-bond acceptors (Lipinski definition) is 3. The van der Waals surface area contributed by atoms with E-state index in [-0.39, 0.29) is 5.02 Å². The van der Waals surface area contributed by atoms with Crippen LogP contribution in [0.2, 0.25) is 10.0 Å². The topological polar surface area (TPSA) is 50.7 Å². The van der Waals surface area contributed by atoms with Crippen molar-refractivity contribution in [1.82, 2.24) is 0 Å². The normalized spacial score (nSPS) is 9.50. The molecule has 1 aromatic carbocycles. The first-order valence-corrected chi connectivity index (χ1v) is 5.19. The molecule has 0 saturated carbocycles. The number of benzene rings is 1. The Morgan fingerprint density at radius 1 is 1.38 bits per heavy atom.